The first kappa shape index (κ1) is 29.6. The van der Waals surface area contributed by atoms with Crippen LogP contribution in [0.3, 0.4) is 0 Å². The summed E-state index contributed by atoms with van der Waals surface area (Å²) in [7, 11) is -3.43. The zero-order valence-corrected chi connectivity index (χ0v) is 24.2. The van der Waals surface area contributed by atoms with Gasteiger partial charge in [-0.25, -0.2) is 18.4 Å². The van der Waals surface area contributed by atoms with Gasteiger partial charge in [0.2, 0.25) is 0 Å². The molecule has 1 aliphatic heterocycles. The van der Waals surface area contributed by atoms with Crippen LogP contribution in [0.15, 0.2) is 65.7 Å². The number of anilines is 2. The molecule has 0 saturated carbocycles. The van der Waals surface area contributed by atoms with Crippen molar-refractivity contribution in [1.82, 2.24) is 19.8 Å². The number of amides is 1. The van der Waals surface area contributed by atoms with Gasteiger partial charge in [-0.15, -0.1) is 0 Å². The number of hydrogen-bond donors (Lipinski definition) is 2. The fourth-order valence-electron chi connectivity index (χ4n) is 5.02. The first-order valence-electron chi connectivity index (χ1n) is 14.1. The number of nitrogens with zero attached hydrogens (tertiary/aromatic N) is 4. The molecule has 40 heavy (non-hydrogen) atoms. The van der Waals surface area contributed by atoms with E-state index in [-0.39, 0.29) is 22.2 Å². The Morgan fingerprint density at radius 1 is 1.05 bits per heavy atom. The third-order valence-corrected chi connectivity index (χ3v) is 9.40. The van der Waals surface area contributed by atoms with Gasteiger partial charge < -0.3 is 20.9 Å². The fraction of sp³-hybridized carbons (Fsp3) is 0.433. The van der Waals surface area contributed by atoms with Crippen molar-refractivity contribution in [2.75, 3.05) is 56.1 Å². The quantitative estimate of drug-likeness (QED) is 0.336. The Labute approximate surface area is 237 Å². The molecule has 0 unspecified atom stereocenters. The number of benzene rings is 2. The summed E-state index contributed by atoms with van der Waals surface area (Å²) in [6.07, 6.45) is 4.95. The molecule has 0 spiro atoms. The van der Waals surface area contributed by atoms with Gasteiger partial charge in [0.15, 0.2) is 21.3 Å². The van der Waals surface area contributed by atoms with Crippen LogP contribution in [0.1, 0.15) is 43.6 Å². The van der Waals surface area contributed by atoms with Crippen molar-refractivity contribution < 1.29 is 13.2 Å². The Hall–Kier alpha value is -3.34. The van der Waals surface area contributed by atoms with Gasteiger partial charge in [0.1, 0.15) is 0 Å². The standard InChI is InChI=1S/C30H40N6O3S/c1-3-35(4-2)17-14-23-15-18-36(19-16-23)20-21-40(38,39)26-12-10-24(11-13-26)27-22-32-29(31)28(34-27)30(37)33-25-8-6-5-7-9-25/h5-13,22-23H,3-4,14-21H2,1-2H3,(H2,31,32)(H,33,37). The van der Waals surface area contributed by atoms with Gasteiger partial charge in [-0.3, -0.25) is 4.79 Å². The van der Waals surface area contributed by atoms with Crippen LogP contribution in [0, 0.1) is 5.92 Å². The summed E-state index contributed by atoms with van der Waals surface area (Å²) in [5.74, 6) is 0.360. The summed E-state index contributed by atoms with van der Waals surface area (Å²) in [4.78, 5) is 26.3. The number of para-hydroxylation sites is 1. The average Bonchev–Trinajstić information content (AvgIpc) is 2.98. The van der Waals surface area contributed by atoms with Gasteiger partial charge in [-0.2, -0.15) is 0 Å². The van der Waals surface area contributed by atoms with E-state index in [0.717, 1.165) is 51.5 Å². The second-order valence-corrected chi connectivity index (χ2v) is 12.4. The lowest BCUT2D eigenvalue weighted by molar-refractivity contribution is 0.102. The zero-order chi connectivity index (χ0) is 28.5. The molecule has 9 nitrogen and oxygen atoms in total. The van der Waals surface area contributed by atoms with E-state index in [4.69, 9.17) is 5.73 Å². The number of carbonyl (C=O) groups excluding carboxylic acids is 1. The third kappa shape index (κ3) is 7.87. The van der Waals surface area contributed by atoms with E-state index < -0.39 is 15.7 Å². The molecule has 0 atom stereocenters. The number of nitrogens with one attached hydrogen (secondary N) is 1. The number of hydrogen-bond acceptors (Lipinski definition) is 8. The highest BCUT2D eigenvalue weighted by Crippen LogP contribution is 2.24. The SMILES string of the molecule is CCN(CC)CCC1CCN(CCS(=O)(=O)c2ccc(-c3cnc(N)c(C(=O)Nc4ccccc4)n3)cc2)CC1. The molecule has 3 aromatic rings. The van der Waals surface area contributed by atoms with Gasteiger partial charge in [-0.05, 0) is 82.2 Å². The molecule has 10 heteroatoms. The lowest BCUT2D eigenvalue weighted by Crippen LogP contribution is -2.37. The molecule has 214 valence electrons. The molecule has 1 saturated heterocycles. The monoisotopic (exact) mass is 564 g/mol. The van der Waals surface area contributed by atoms with Crippen LogP contribution in [0.2, 0.25) is 0 Å². The van der Waals surface area contributed by atoms with Crippen molar-refractivity contribution in [3.8, 4) is 11.3 Å². The van der Waals surface area contributed by atoms with Crippen molar-refractivity contribution in [3.05, 3.63) is 66.5 Å². The highest BCUT2D eigenvalue weighted by Gasteiger charge is 2.22. The van der Waals surface area contributed by atoms with Crippen LogP contribution >= 0.6 is 0 Å². The molecular weight excluding hydrogens is 524 g/mol. The van der Waals surface area contributed by atoms with E-state index >= 15 is 0 Å². The highest BCUT2D eigenvalue weighted by atomic mass is 32.2. The number of piperidine rings is 1. The number of aromatic nitrogens is 2. The van der Waals surface area contributed by atoms with E-state index in [9.17, 15) is 13.2 Å². The van der Waals surface area contributed by atoms with Gasteiger partial charge in [0, 0.05) is 17.8 Å². The predicted octanol–water partition coefficient (Wildman–Crippen LogP) is 4.20. The Balaban J connectivity index is 1.33. The van der Waals surface area contributed by atoms with E-state index in [1.807, 2.05) is 18.2 Å². The number of nitrogens with two attached hydrogens (primary N) is 1. The van der Waals surface area contributed by atoms with E-state index in [0.29, 0.717) is 23.5 Å². The smallest absolute Gasteiger partial charge is 0.278 e. The van der Waals surface area contributed by atoms with Crippen LogP contribution < -0.4 is 11.1 Å². The first-order chi connectivity index (χ1) is 19.3. The molecule has 4 rings (SSSR count). The molecule has 0 aliphatic carbocycles. The van der Waals surface area contributed by atoms with Gasteiger partial charge >= 0.3 is 0 Å². The normalized spacial score (nSPS) is 14.9. The van der Waals surface area contributed by atoms with Crippen LogP contribution in [0.5, 0.6) is 0 Å². The minimum atomic E-state index is -3.43. The molecule has 0 bridgehead atoms. The van der Waals surface area contributed by atoms with E-state index in [2.05, 4.69) is 38.9 Å². The van der Waals surface area contributed by atoms with E-state index in [1.54, 1.807) is 36.4 Å². The summed E-state index contributed by atoms with van der Waals surface area (Å²) in [5.41, 5.74) is 7.63. The van der Waals surface area contributed by atoms with Crippen LogP contribution in [-0.2, 0) is 9.84 Å². The van der Waals surface area contributed by atoms with Crippen molar-refractivity contribution in [1.29, 1.82) is 0 Å². The second kappa shape index (κ2) is 13.8. The molecular formula is C30H40N6O3S. The number of carbonyl (C=O) groups is 1. The Morgan fingerprint density at radius 3 is 2.38 bits per heavy atom. The first-order valence-corrected chi connectivity index (χ1v) is 15.7. The van der Waals surface area contributed by atoms with E-state index in [1.165, 1.54) is 12.6 Å². The Bertz CT molecular complexity index is 1350. The maximum Gasteiger partial charge on any atom is 0.278 e. The highest BCUT2D eigenvalue weighted by molar-refractivity contribution is 7.91. The molecule has 2 aromatic carbocycles. The number of sulfone groups is 1. The maximum absolute atomic E-state index is 13.1. The van der Waals surface area contributed by atoms with Crippen molar-refractivity contribution in [2.24, 2.45) is 5.92 Å². The van der Waals surface area contributed by atoms with Crippen molar-refractivity contribution >= 4 is 27.2 Å². The topological polar surface area (TPSA) is 122 Å². The van der Waals surface area contributed by atoms with Crippen LogP contribution in [-0.4, -0.2) is 79.1 Å². The van der Waals surface area contributed by atoms with Crippen molar-refractivity contribution in [3.63, 3.8) is 0 Å². The van der Waals surface area contributed by atoms with Crippen LogP contribution in [0.25, 0.3) is 11.3 Å². The molecule has 2 heterocycles. The minimum Gasteiger partial charge on any atom is -0.382 e. The molecule has 1 aliphatic rings. The summed E-state index contributed by atoms with van der Waals surface area (Å²) < 4.78 is 26.1. The fourth-order valence-corrected chi connectivity index (χ4v) is 6.31. The summed E-state index contributed by atoms with van der Waals surface area (Å²) >= 11 is 0. The van der Waals surface area contributed by atoms with Gasteiger partial charge in [0.05, 0.1) is 22.5 Å². The molecule has 1 fully saturated rings. The Morgan fingerprint density at radius 2 is 1.73 bits per heavy atom. The van der Waals surface area contributed by atoms with Crippen LogP contribution in [0.4, 0.5) is 11.5 Å². The molecule has 0 radical (unpaired) electrons. The third-order valence-electron chi connectivity index (χ3n) is 7.69. The summed E-state index contributed by atoms with van der Waals surface area (Å²) in [6, 6.07) is 15.6. The largest absolute Gasteiger partial charge is 0.382 e. The summed E-state index contributed by atoms with van der Waals surface area (Å²) in [6.45, 7) is 10.2. The molecule has 1 aromatic heterocycles. The lowest BCUT2D eigenvalue weighted by atomic mass is 9.93. The second-order valence-electron chi connectivity index (χ2n) is 10.3. The molecule has 3 N–H and O–H groups in total. The van der Waals surface area contributed by atoms with Gasteiger partial charge in [0.25, 0.3) is 5.91 Å². The zero-order valence-electron chi connectivity index (χ0n) is 23.4. The summed E-state index contributed by atoms with van der Waals surface area (Å²) in [5, 5.41) is 2.76. The predicted molar refractivity (Wildman–Crippen MR) is 160 cm³/mol. The number of likely N-dealkylation sites (tertiary alicyclic amines) is 1. The van der Waals surface area contributed by atoms with Crippen molar-refractivity contribution in [2.45, 2.75) is 38.0 Å². The maximum atomic E-state index is 13.1. The minimum absolute atomic E-state index is 0.00914. The molecule has 1 amide bonds. The average molecular weight is 565 g/mol. The number of nitrogen functional groups attached to an aromatic ring is 1. The lowest BCUT2D eigenvalue weighted by Gasteiger charge is -2.32. The Kier molecular flexibility index (Phi) is 10.2. The van der Waals surface area contributed by atoms with Gasteiger partial charge in [-0.1, -0.05) is 44.2 Å². The number of rotatable bonds is 12.